The van der Waals surface area contributed by atoms with Crippen LogP contribution in [-0.2, 0) is 0 Å². The first-order valence-corrected chi connectivity index (χ1v) is 39.2. The van der Waals surface area contributed by atoms with Gasteiger partial charge in [-0.15, -0.1) is 136 Å². The second kappa shape index (κ2) is 16.2. The van der Waals surface area contributed by atoms with Crippen LogP contribution < -0.4 is 10.4 Å². The topological polar surface area (TPSA) is 23.0 Å². The summed E-state index contributed by atoms with van der Waals surface area (Å²) in [5, 5.41) is 9.08. The number of thiophene rings is 12. The molecule has 0 saturated heterocycles. The Labute approximate surface area is 505 Å². The van der Waals surface area contributed by atoms with Gasteiger partial charge in [-0.2, -0.15) is 0 Å². The lowest BCUT2D eigenvalue weighted by Crippen LogP contribution is -2.48. The molecule has 19 aromatic rings. The number of rotatable bonds is 2. The highest BCUT2D eigenvalue weighted by Crippen LogP contribution is 2.56. The second-order valence-electron chi connectivity index (χ2n) is 22.2. The second-order valence-corrected chi connectivity index (χ2v) is 39.8. The van der Waals surface area contributed by atoms with E-state index in [0.29, 0.717) is 0 Å². The Morgan fingerprint density at radius 3 is 1.54 bits per heavy atom. The molecule has 388 valence electrons. The Kier molecular flexibility index (Phi) is 9.61. The average molecular weight is 1270 g/mol. The van der Waals surface area contributed by atoms with Crippen molar-refractivity contribution in [3.05, 3.63) is 128 Å². The Balaban J connectivity index is 0.000000120. The third-order valence-corrected chi connectivity index (χ3v) is 35.2. The number of aryl methyl sites for hydroxylation is 6. The van der Waals surface area contributed by atoms with Crippen molar-refractivity contribution >= 4 is 294 Å². The van der Waals surface area contributed by atoms with E-state index in [1.807, 2.05) is 136 Å². The Bertz CT molecular complexity index is 5950. The summed E-state index contributed by atoms with van der Waals surface area (Å²) in [4.78, 5) is 8.65. The predicted octanol–water partition coefficient (Wildman–Crippen LogP) is 24.1. The van der Waals surface area contributed by atoms with Crippen LogP contribution in [0.3, 0.4) is 0 Å². The van der Waals surface area contributed by atoms with Crippen molar-refractivity contribution in [2.75, 3.05) is 0 Å². The first-order chi connectivity index (χ1) is 38.8. The van der Waals surface area contributed by atoms with E-state index in [-0.39, 0.29) is 0 Å². The Morgan fingerprint density at radius 2 is 0.800 bits per heavy atom. The summed E-state index contributed by atoms with van der Waals surface area (Å²) in [5.41, 5.74) is 12.7. The maximum absolute atomic E-state index is 6.37. The number of fused-ring (bicyclic) bond motifs is 28. The molecular formula is C64H40N2OS12Si. The fourth-order valence-electron chi connectivity index (χ4n) is 13.1. The normalized spacial score (nSPS) is 13.8. The van der Waals surface area contributed by atoms with E-state index in [2.05, 4.69) is 161 Å². The lowest BCUT2D eigenvalue weighted by atomic mass is 10.2. The number of furan rings is 1. The van der Waals surface area contributed by atoms with Crippen molar-refractivity contribution in [1.82, 2.24) is 9.13 Å². The van der Waals surface area contributed by atoms with Crippen LogP contribution in [-0.4, -0.2) is 17.2 Å². The SMILES string of the molecule is Cc1ccc(-n2c3c4cc5sc6c(c5cc4sc3c3sc4cc(C)sc4c32)[Si](C)(C)c2c-6sc3cc(C)sc23)cc1.Cc1ccc(-n2c3cc(C)sc3c3sc4c5cc6sc7c8oc9cc(C)sc9c8sc7c6cc5sc4c32)cc1. The summed E-state index contributed by atoms with van der Waals surface area (Å²) < 4.78 is 36.9. The number of hydrogen-bond acceptors (Lipinski definition) is 13. The molecule has 1 aliphatic rings. The maximum atomic E-state index is 6.37. The molecule has 0 atom stereocenters. The van der Waals surface area contributed by atoms with Gasteiger partial charge in [0.1, 0.15) is 13.7 Å². The maximum Gasteiger partial charge on any atom is 0.164 e. The van der Waals surface area contributed by atoms with Crippen LogP contribution in [0.1, 0.15) is 30.6 Å². The van der Waals surface area contributed by atoms with Gasteiger partial charge in [0, 0.05) is 89.7 Å². The van der Waals surface area contributed by atoms with E-state index in [9.17, 15) is 0 Å². The minimum Gasteiger partial charge on any atom is -0.453 e. The van der Waals surface area contributed by atoms with E-state index in [1.165, 1.54) is 166 Å². The standard InChI is InChI=1S/C33H23NS6Si.C31H17NOS6/c1-14-6-8-17(9-7-14)34-24-18-12-21-19(13-20(18)37-28(24)29-25(34)26-22(39-29)10-15(2)35-26)32-30(38-21)31-33(41(32,4)5)27-23(40-31)11-16(3)36-27;1-12-4-6-15(7-5-12)32-18-8-13(2)34-26(18)29-22(32)28-24(38-29)16-10-21-17(11-20(16)36-28)25-30(37-21)23-31(39-25)27-19(33-23)9-14(3)35-27/h6-13H,1-5H3;4-11H,1-3H3. The fraction of sp³-hybridized carbons (Fsp3) is 0.125. The van der Waals surface area contributed by atoms with Gasteiger partial charge in [-0.3, -0.25) is 0 Å². The van der Waals surface area contributed by atoms with Crippen LogP contribution in [0.5, 0.6) is 0 Å². The summed E-state index contributed by atoms with van der Waals surface area (Å²) in [5.74, 6) is 0. The number of hydrogen-bond donors (Lipinski definition) is 0. The molecule has 20 rings (SSSR count). The molecule has 4 aromatic carbocycles. The van der Waals surface area contributed by atoms with Crippen molar-refractivity contribution in [2.45, 2.75) is 54.6 Å². The Morgan fingerprint density at radius 1 is 0.338 bits per heavy atom. The molecule has 15 aromatic heterocycles. The van der Waals surface area contributed by atoms with E-state index in [1.54, 1.807) is 24.8 Å². The van der Waals surface area contributed by atoms with Crippen LogP contribution in [0.25, 0.3) is 161 Å². The van der Waals surface area contributed by atoms with Gasteiger partial charge in [0.15, 0.2) is 5.58 Å². The van der Waals surface area contributed by atoms with Gasteiger partial charge < -0.3 is 13.6 Å². The third-order valence-electron chi connectivity index (χ3n) is 16.5. The minimum absolute atomic E-state index is 1.04. The molecule has 1 aliphatic heterocycles. The van der Waals surface area contributed by atoms with Crippen LogP contribution in [0, 0.1) is 41.5 Å². The summed E-state index contributed by atoms with van der Waals surface area (Å²) in [6.45, 7) is 18.4. The smallest absolute Gasteiger partial charge is 0.164 e. The first kappa shape index (κ1) is 47.5. The molecule has 0 aliphatic carbocycles. The molecule has 80 heavy (non-hydrogen) atoms. The number of nitrogens with zero attached hydrogens (tertiary/aromatic N) is 2. The van der Waals surface area contributed by atoms with Gasteiger partial charge in [0.25, 0.3) is 0 Å². The zero-order valence-corrected chi connectivity index (χ0v) is 54.7. The molecule has 0 radical (unpaired) electrons. The van der Waals surface area contributed by atoms with Crippen molar-refractivity contribution in [1.29, 1.82) is 0 Å². The number of benzene rings is 4. The lowest BCUT2D eigenvalue weighted by molar-refractivity contribution is 0.674. The predicted molar refractivity (Wildman–Crippen MR) is 374 cm³/mol. The molecule has 0 fully saturated rings. The zero-order valence-electron chi connectivity index (χ0n) is 43.9. The van der Waals surface area contributed by atoms with Crippen molar-refractivity contribution < 1.29 is 4.42 Å². The molecular weight excluding hydrogens is 1230 g/mol. The molecule has 0 bridgehead atoms. The molecule has 3 nitrogen and oxygen atoms in total. The molecule has 16 heteroatoms. The van der Waals surface area contributed by atoms with E-state index < -0.39 is 8.07 Å². The highest BCUT2D eigenvalue weighted by Gasteiger charge is 2.44. The monoisotopic (exact) mass is 1260 g/mol. The van der Waals surface area contributed by atoms with Crippen LogP contribution in [0.15, 0.2) is 101 Å². The van der Waals surface area contributed by atoms with E-state index in [4.69, 9.17) is 4.42 Å². The molecule has 0 amide bonds. The van der Waals surface area contributed by atoms with Gasteiger partial charge in [-0.1, -0.05) is 48.5 Å². The summed E-state index contributed by atoms with van der Waals surface area (Å²) in [6, 6.07) is 37.4. The van der Waals surface area contributed by atoms with Gasteiger partial charge in [0.05, 0.1) is 73.8 Å². The van der Waals surface area contributed by atoms with Crippen molar-refractivity contribution in [3.8, 4) is 21.1 Å². The largest absolute Gasteiger partial charge is 0.453 e. The zero-order chi connectivity index (χ0) is 53.3. The highest BCUT2D eigenvalue weighted by molar-refractivity contribution is 7.42. The summed E-state index contributed by atoms with van der Waals surface area (Å²) >= 11 is 23.5. The molecule has 0 saturated carbocycles. The molecule has 0 N–H and O–H groups in total. The van der Waals surface area contributed by atoms with E-state index in [0.717, 1.165) is 11.2 Å². The summed E-state index contributed by atoms with van der Waals surface area (Å²) in [7, 11) is -1.80. The Hall–Kier alpha value is -5.02. The van der Waals surface area contributed by atoms with Gasteiger partial charge in [-0.25, -0.2) is 0 Å². The lowest BCUT2D eigenvalue weighted by Gasteiger charge is -2.18. The third kappa shape index (κ3) is 6.20. The van der Waals surface area contributed by atoms with Crippen molar-refractivity contribution in [3.63, 3.8) is 0 Å². The van der Waals surface area contributed by atoms with Gasteiger partial charge in [0.2, 0.25) is 0 Å². The van der Waals surface area contributed by atoms with Crippen LogP contribution in [0.2, 0.25) is 13.1 Å². The minimum atomic E-state index is -1.80. The van der Waals surface area contributed by atoms with E-state index >= 15 is 0 Å². The van der Waals surface area contributed by atoms with Gasteiger partial charge in [-0.05, 0) is 130 Å². The molecule has 16 heterocycles. The summed E-state index contributed by atoms with van der Waals surface area (Å²) in [6.07, 6.45) is 0. The first-order valence-electron chi connectivity index (χ1n) is 26.4. The fourth-order valence-corrected chi connectivity index (χ4v) is 34.5. The quantitative estimate of drug-likeness (QED) is 0.158. The van der Waals surface area contributed by atoms with Crippen LogP contribution in [0.4, 0.5) is 0 Å². The van der Waals surface area contributed by atoms with Gasteiger partial charge >= 0.3 is 0 Å². The average Bonchev–Trinajstić information content (AvgIpc) is 4.43. The number of aromatic nitrogens is 2. The molecule has 0 unspecified atom stereocenters. The molecule has 0 spiro atoms. The highest BCUT2D eigenvalue weighted by atomic mass is 32.1. The van der Waals surface area contributed by atoms with Crippen LogP contribution >= 0.6 is 136 Å². The van der Waals surface area contributed by atoms with Crippen molar-refractivity contribution in [2.24, 2.45) is 0 Å².